The van der Waals surface area contributed by atoms with Gasteiger partial charge in [-0.15, -0.1) is 0 Å². The maximum atomic E-state index is 12.6. The van der Waals surface area contributed by atoms with Crippen LogP contribution in [0.4, 0.5) is 0 Å². The van der Waals surface area contributed by atoms with Gasteiger partial charge in [-0.3, -0.25) is 4.79 Å². The van der Waals surface area contributed by atoms with E-state index in [1.54, 1.807) is 30.3 Å². The van der Waals surface area contributed by atoms with E-state index in [9.17, 15) is 4.79 Å². The molecule has 1 N–H and O–H groups in total. The molecule has 1 atom stereocenters. The van der Waals surface area contributed by atoms with E-state index in [1.165, 1.54) is 5.56 Å². The molecule has 0 spiro atoms. The van der Waals surface area contributed by atoms with Gasteiger partial charge < -0.3 is 14.5 Å². The zero-order valence-electron chi connectivity index (χ0n) is 17.5. The zero-order valence-corrected chi connectivity index (χ0v) is 19.0. The predicted molar refractivity (Wildman–Crippen MR) is 121 cm³/mol. The first-order valence-electron chi connectivity index (χ1n) is 9.71. The Hall–Kier alpha value is -2.43. The summed E-state index contributed by atoms with van der Waals surface area (Å²) in [4.78, 5) is 12.6. The number of hydrogen-bond donors (Lipinski definition) is 1. The van der Waals surface area contributed by atoms with Crippen LogP contribution in [-0.4, -0.2) is 5.91 Å². The molecular weight excluding hydrogens is 421 g/mol. The highest BCUT2D eigenvalue weighted by Gasteiger charge is 2.17. The molecule has 0 aliphatic rings. The van der Waals surface area contributed by atoms with Gasteiger partial charge in [0.15, 0.2) is 5.76 Å². The van der Waals surface area contributed by atoms with Gasteiger partial charge in [-0.2, -0.15) is 0 Å². The first kappa shape index (κ1) is 22.3. The molecule has 30 heavy (non-hydrogen) atoms. The number of benzene rings is 2. The molecule has 0 bridgehead atoms. The second-order valence-corrected chi connectivity index (χ2v) is 9.04. The SMILES string of the molecule is C[C@H](NC(=O)c1ccc(COc2ccc(Cl)cc2Cl)o1)c1ccc(C(C)(C)C)cc1. The summed E-state index contributed by atoms with van der Waals surface area (Å²) in [5.41, 5.74) is 2.37. The number of rotatable bonds is 6. The number of amides is 1. The van der Waals surface area contributed by atoms with Gasteiger partial charge in [-0.25, -0.2) is 0 Å². The van der Waals surface area contributed by atoms with Crippen molar-refractivity contribution in [2.24, 2.45) is 0 Å². The number of nitrogens with one attached hydrogen (secondary N) is 1. The molecular formula is C24H25Cl2NO3. The van der Waals surface area contributed by atoms with E-state index in [-0.39, 0.29) is 29.7 Å². The second-order valence-electron chi connectivity index (χ2n) is 8.20. The summed E-state index contributed by atoms with van der Waals surface area (Å²) in [6.07, 6.45) is 0. The van der Waals surface area contributed by atoms with Gasteiger partial charge in [-0.05, 0) is 53.8 Å². The minimum absolute atomic E-state index is 0.0912. The van der Waals surface area contributed by atoms with Gasteiger partial charge in [0.1, 0.15) is 18.1 Å². The Labute approximate surface area is 187 Å². The Balaban J connectivity index is 1.59. The van der Waals surface area contributed by atoms with Crippen LogP contribution in [0.5, 0.6) is 5.75 Å². The first-order valence-corrected chi connectivity index (χ1v) is 10.5. The van der Waals surface area contributed by atoms with Gasteiger partial charge in [0.05, 0.1) is 11.1 Å². The fraction of sp³-hybridized carbons (Fsp3) is 0.292. The van der Waals surface area contributed by atoms with Crippen LogP contribution in [0.15, 0.2) is 59.0 Å². The highest BCUT2D eigenvalue weighted by atomic mass is 35.5. The molecule has 1 amide bonds. The van der Waals surface area contributed by atoms with Crippen LogP contribution in [0.2, 0.25) is 10.0 Å². The minimum Gasteiger partial charge on any atom is -0.484 e. The molecule has 0 saturated carbocycles. The van der Waals surface area contributed by atoms with Gasteiger partial charge in [0, 0.05) is 5.02 Å². The minimum atomic E-state index is -0.279. The molecule has 1 aromatic heterocycles. The summed E-state index contributed by atoms with van der Waals surface area (Å²) in [7, 11) is 0. The maximum Gasteiger partial charge on any atom is 0.287 e. The summed E-state index contributed by atoms with van der Waals surface area (Å²) in [6, 6.07) is 16.5. The van der Waals surface area contributed by atoms with Crippen LogP contribution in [0.1, 0.15) is 61.2 Å². The fourth-order valence-electron chi connectivity index (χ4n) is 2.94. The van der Waals surface area contributed by atoms with Crippen molar-refractivity contribution in [3.05, 3.63) is 87.3 Å². The van der Waals surface area contributed by atoms with Crippen molar-refractivity contribution in [2.45, 2.75) is 45.8 Å². The predicted octanol–water partition coefficient (Wildman–Crippen LogP) is 6.95. The summed E-state index contributed by atoms with van der Waals surface area (Å²) >= 11 is 12.0. The van der Waals surface area contributed by atoms with Gasteiger partial charge in [0.25, 0.3) is 5.91 Å². The third kappa shape index (κ3) is 5.59. The molecule has 3 aromatic rings. The fourth-order valence-corrected chi connectivity index (χ4v) is 3.40. The van der Waals surface area contributed by atoms with E-state index in [2.05, 4.69) is 38.2 Å². The van der Waals surface area contributed by atoms with Crippen molar-refractivity contribution in [3.8, 4) is 5.75 Å². The van der Waals surface area contributed by atoms with Crippen molar-refractivity contribution in [1.29, 1.82) is 0 Å². The molecule has 1 heterocycles. The number of carbonyl (C=O) groups is 1. The van der Waals surface area contributed by atoms with E-state index in [1.807, 2.05) is 19.1 Å². The van der Waals surface area contributed by atoms with Gasteiger partial charge >= 0.3 is 0 Å². The molecule has 6 heteroatoms. The molecule has 3 rings (SSSR count). The van der Waals surface area contributed by atoms with Crippen LogP contribution in [-0.2, 0) is 12.0 Å². The van der Waals surface area contributed by atoms with E-state index in [4.69, 9.17) is 32.4 Å². The van der Waals surface area contributed by atoms with E-state index >= 15 is 0 Å². The highest BCUT2D eigenvalue weighted by Crippen LogP contribution is 2.28. The molecule has 0 radical (unpaired) electrons. The van der Waals surface area contributed by atoms with Crippen molar-refractivity contribution >= 4 is 29.1 Å². The number of halogens is 2. The normalized spacial score (nSPS) is 12.5. The second kappa shape index (κ2) is 9.15. The smallest absolute Gasteiger partial charge is 0.287 e. The number of carbonyl (C=O) groups excluding carboxylic acids is 1. The van der Waals surface area contributed by atoms with Gasteiger partial charge in [-0.1, -0.05) is 68.2 Å². The lowest BCUT2D eigenvalue weighted by molar-refractivity contribution is 0.0907. The highest BCUT2D eigenvalue weighted by molar-refractivity contribution is 6.35. The molecule has 2 aromatic carbocycles. The van der Waals surface area contributed by atoms with E-state index < -0.39 is 0 Å². The summed E-state index contributed by atoms with van der Waals surface area (Å²) in [6.45, 7) is 8.61. The topological polar surface area (TPSA) is 51.5 Å². The van der Waals surface area contributed by atoms with Crippen LogP contribution >= 0.6 is 23.2 Å². The lowest BCUT2D eigenvalue weighted by Crippen LogP contribution is -2.26. The van der Waals surface area contributed by atoms with E-state index in [0.29, 0.717) is 21.6 Å². The van der Waals surface area contributed by atoms with Crippen LogP contribution in [0.25, 0.3) is 0 Å². The molecule has 158 valence electrons. The first-order chi connectivity index (χ1) is 14.1. The van der Waals surface area contributed by atoms with Crippen LogP contribution in [0, 0.1) is 0 Å². The third-order valence-electron chi connectivity index (χ3n) is 4.77. The Bertz CT molecular complexity index is 1020. The third-order valence-corrected chi connectivity index (χ3v) is 5.30. The summed E-state index contributed by atoms with van der Waals surface area (Å²) < 4.78 is 11.3. The molecule has 0 saturated heterocycles. The van der Waals surface area contributed by atoms with Crippen molar-refractivity contribution in [3.63, 3.8) is 0 Å². The number of hydrogen-bond acceptors (Lipinski definition) is 3. The maximum absolute atomic E-state index is 12.6. The summed E-state index contributed by atoms with van der Waals surface area (Å²) in [5.74, 6) is 0.969. The molecule has 0 aliphatic carbocycles. The molecule has 0 unspecified atom stereocenters. The Morgan fingerprint density at radius 2 is 1.77 bits per heavy atom. The Morgan fingerprint density at radius 1 is 1.07 bits per heavy atom. The average molecular weight is 446 g/mol. The van der Waals surface area contributed by atoms with E-state index in [0.717, 1.165) is 5.56 Å². The average Bonchev–Trinajstić information content (AvgIpc) is 3.16. The molecule has 4 nitrogen and oxygen atoms in total. The zero-order chi connectivity index (χ0) is 21.9. The standard InChI is InChI=1S/C24H25Cl2NO3/c1-15(16-5-7-17(8-6-16)24(2,3)4)27-23(28)22-12-10-19(30-22)14-29-21-11-9-18(25)13-20(21)26/h5-13,15H,14H2,1-4H3,(H,27,28)/t15-/m0/s1. The molecule has 0 fully saturated rings. The van der Waals surface area contributed by atoms with Crippen molar-refractivity contribution in [1.82, 2.24) is 5.32 Å². The number of furan rings is 1. The monoisotopic (exact) mass is 445 g/mol. The largest absolute Gasteiger partial charge is 0.484 e. The lowest BCUT2D eigenvalue weighted by Gasteiger charge is -2.20. The Kier molecular flexibility index (Phi) is 6.79. The number of ether oxygens (including phenoxy) is 1. The Morgan fingerprint density at radius 3 is 2.40 bits per heavy atom. The van der Waals surface area contributed by atoms with Crippen LogP contribution < -0.4 is 10.1 Å². The van der Waals surface area contributed by atoms with Gasteiger partial charge in [0.2, 0.25) is 0 Å². The summed E-state index contributed by atoms with van der Waals surface area (Å²) in [5, 5.41) is 3.91. The van der Waals surface area contributed by atoms with Crippen LogP contribution in [0.3, 0.4) is 0 Å². The molecule has 0 aliphatic heterocycles. The quantitative estimate of drug-likeness (QED) is 0.446. The lowest BCUT2D eigenvalue weighted by atomic mass is 9.86. The van der Waals surface area contributed by atoms with Crippen molar-refractivity contribution < 1.29 is 13.9 Å². The van der Waals surface area contributed by atoms with Crippen molar-refractivity contribution in [2.75, 3.05) is 0 Å².